The van der Waals surface area contributed by atoms with Gasteiger partial charge in [0.05, 0.1) is 17.0 Å². The third kappa shape index (κ3) is 3.62. The van der Waals surface area contributed by atoms with Gasteiger partial charge in [0.15, 0.2) is 0 Å². The van der Waals surface area contributed by atoms with Crippen LogP contribution in [0.5, 0.6) is 0 Å². The Bertz CT molecular complexity index is 705. The monoisotopic (exact) mass is 329 g/mol. The summed E-state index contributed by atoms with van der Waals surface area (Å²) in [6.07, 6.45) is 3.14. The van der Waals surface area contributed by atoms with Crippen LogP contribution in [0.25, 0.3) is 0 Å². The van der Waals surface area contributed by atoms with Crippen molar-refractivity contribution < 1.29 is 9.32 Å². The van der Waals surface area contributed by atoms with Gasteiger partial charge in [0.25, 0.3) is 5.91 Å². The fraction of sp³-hybridized carbons (Fsp3) is 0.529. The van der Waals surface area contributed by atoms with E-state index in [2.05, 4.69) is 20.0 Å². The number of aromatic nitrogens is 3. The molecule has 0 aromatic carbocycles. The summed E-state index contributed by atoms with van der Waals surface area (Å²) < 4.78 is 5.10. The number of nitrogens with zero attached hydrogens (tertiary/aromatic N) is 5. The predicted molar refractivity (Wildman–Crippen MR) is 88.5 cm³/mol. The average molecular weight is 329 g/mol. The highest BCUT2D eigenvalue weighted by Gasteiger charge is 2.25. The summed E-state index contributed by atoms with van der Waals surface area (Å²) >= 11 is 0. The van der Waals surface area contributed by atoms with E-state index in [4.69, 9.17) is 4.52 Å². The van der Waals surface area contributed by atoms with E-state index in [1.54, 1.807) is 6.20 Å². The maximum atomic E-state index is 12.8. The van der Waals surface area contributed by atoms with Crippen LogP contribution < -0.4 is 0 Å². The SMILES string of the molecule is Cc1cc(CN2CCN(C(=O)c3cncnc3C(C)C)CC2)no1. The van der Waals surface area contributed by atoms with Crippen LogP contribution >= 0.6 is 0 Å². The minimum Gasteiger partial charge on any atom is -0.361 e. The van der Waals surface area contributed by atoms with Crippen LogP contribution in [-0.2, 0) is 6.54 Å². The summed E-state index contributed by atoms with van der Waals surface area (Å²) in [6, 6.07) is 1.95. The number of hydrogen-bond acceptors (Lipinski definition) is 6. The first-order valence-corrected chi connectivity index (χ1v) is 8.28. The molecule has 0 atom stereocenters. The maximum Gasteiger partial charge on any atom is 0.257 e. The lowest BCUT2D eigenvalue weighted by Gasteiger charge is -2.34. The molecule has 0 spiro atoms. The molecule has 7 heteroatoms. The number of aryl methyl sites for hydroxylation is 1. The second kappa shape index (κ2) is 7.09. The summed E-state index contributed by atoms with van der Waals surface area (Å²) in [4.78, 5) is 25.3. The number of rotatable bonds is 4. The normalized spacial score (nSPS) is 15.9. The second-order valence-corrected chi connectivity index (χ2v) is 6.47. The van der Waals surface area contributed by atoms with Crippen LogP contribution in [-0.4, -0.2) is 57.0 Å². The summed E-state index contributed by atoms with van der Waals surface area (Å²) in [6.45, 7) is 9.76. The van der Waals surface area contributed by atoms with Crippen LogP contribution in [0.4, 0.5) is 0 Å². The molecule has 2 aromatic rings. The number of amides is 1. The third-order valence-corrected chi connectivity index (χ3v) is 4.24. The molecule has 0 unspecified atom stereocenters. The highest BCUT2D eigenvalue weighted by Crippen LogP contribution is 2.18. The minimum atomic E-state index is 0.0243. The van der Waals surface area contributed by atoms with E-state index in [1.165, 1.54) is 6.33 Å². The molecule has 1 fully saturated rings. The summed E-state index contributed by atoms with van der Waals surface area (Å²) in [5.74, 6) is 1.05. The largest absolute Gasteiger partial charge is 0.361 e. The Kier molecular flexibility index (Phi) is 4.89. The van der Waals surface area contributed by atoms with Crippen molar-refractivity contribution in [2.45, 2.75) is 33.2 Å². The Balaban J connectivity index is 1.61. The fourth-order valence-electron chi connectivity index (χ4n) is 2.96. The van der Waals surface area contributed by atoms with Gasteiger partial charge in [-0.15, -0.1) is 0 Å². The van der Waals surface area contributed by atoms with Crippen molar-refractivity contribution in [3.8, 4) is 0 Å². The molecule has 0 N–H and O–H groups in total. The van der Waals surface area contributed by atoms with Gasteiger partial charge >= 0.3 is 0 Å². The van der Waals surface area contributed by atoms with Crippen molar-refractivity contribution in [1.82, 2.24) is 24.9 Å². The van der Waals surface area contributed by atoms with Crippen molar-refractivity contribution >= 4 is 5.91 Å². The third-order valence-electron chi connectivity index (χ3n) is 4.24. The Morgan fingerprint density at radius 1 is 1.29 bits per heavy atom. The molecule has 2 aromatic heterocycles. The van der Waals surface area contributed by atoms with Crippen molar-refractivity contribution in [1.29, 1.82) is 0 Å². The molecule has 0 aliphatic carbocycles. The number of hydrogen-bond donors (Lipinski definition) is 0. The number of carbonyl (C=O) groups excluding carboxylic acids is 1. The van der Waals surface area contributed by atoms with Gasteiger partial charge in [-0.3, -0.25) is 9.69 Å². The molecule has 0 saturated carbocycles. The van der Waals surface area contributed by atoms with E-state index in [1.807, 2.05) is 31.7 Å². The van der Waals surface area contributed by atoms with Gasteiger partial charge in [0, 0.05) is 45.0 Å². The molecule has 1 saturated heterocycles. The smallest absolute Gasteiger partial charge is 0.257 e. The van der Waals surface area contributed by atoms with Gasteiger partial charge < -0.3 is 9.42 Å². The van der Waals surface area contributed by atoms with Crippen molar-refractivity contribution in [2.75, 3.05) is 26.2 Å². The van der Waals surface area contributed by atoms with Gasteiger partial charge in [-0.25, -0.2) is 9.97 Å². The van der Waals surface area contributed by atoms with Gasteiger partial charge in [-0.2, -0.15) is 0 Å². The van der Waals surface area contributed by atoms with Crippen molar-refractivity contribution in [3.05, 3.63) is 41.3 Å². The topological polar surface area (TPSA) is 75.4 Å². The first-order chi connectivity index (χ1) is 11.5. The van der Waals surface area contributed by atoms with Crippen LogP contribution in [0.3, 0.4) is 0 Å². The molecule has 128 valence electrons. The lowest BCUT2D eigenvalue weighted by atomic mass is 10.0. The average Bonchev–Trinajstić information content (AvgIpc) is 3.00. The molecule has 1 aliphatic heterocycles. The first-order valence-electron chi connectivity index (χ1n) is 8.28. The fourth-order valence-corrected chi connectivity index (χ4v) is 2.96. The minimum absolute atomic E-state index is 0.0243. The molecule has 0 radical (unpaired) electrons. The molecule has 1 aliphatic rings. The Morgan fingerprint density at radius 2 is 2.04 bits per heavy atom. The Morgan fingerprint density at radius 3 is 2.67 bits per heavy atom. The summed E-state index contributed by atoms with van der Waals surface area (Å²) in [5.41, 5.74) is 2.37. The molecular formula is C17H23N5O2. The summed E-state index contributed by atoms with van der Waals surface area (Å²) in [5, 5.41) is 4.03. The number of piperazine rings is 1. The van der Waals surface area contributed by atoms with Crippen molar-refractivity contribution in [2.24, 2.45) is 0 Å². The van der Waals surface area contributed by atoms with E-state index >= 15 is 0 Å². The van der Waals surface area contributed by atoms with Crippen molar-refractivity contribution in [3.63, 3.8) is 0 Å². The molecule has 24 heavy (non-hydrogen) atoms. The van der Waals surface area contributed by atoms with E-state index < -0.39 is 0 Å². The Hall–Kier alpha value is -2.28. The molecule has 7 nitrogen and oxygen atoms in total. The lowest BCUT2D eigenvalue weighted by molar-refractivity contribution is 0.0623. The van der Waals surface area contributed by atoms with Crippen LogP contribution in [0, 0.1) is 6.92 Å². The van der Waals surface area contributed by atoms with Gasteiger partial charge in [0.1, 0.15) is 12.1 Å². The van der Waals surface area contributed by atoms with Crippen LogP contribution in [0.2, 0.25) is 0 Å². The predicted octanol–water partition coefficient (Wildman–Crippen LogP) is 1.85. The van der Waals surface area contributed by atoms with E-state index in [0.717, 1.165) is 36.8 Å². The zero-order valence-corrected chi connectivity index (χ0v) is 14.4. The quantitative estimate of drug-likeness (QED) is 0.852. The standard InChI is InChI=1S/C17H23N5O2/c1-12(2)16-15(9-18-11-19-16)17(23)22-6-4-21(5-7-22)10-14-8-13(3)24-20-14/h8-9,11-12H,4-7,10H2,1-3H3. The highest BCUT2D eigenvalue weighted by atomic mass is 16.5. The first kappa shape index (κ1) is 16.6. The second-order valence-electron chi connectivity index (χ2n) is 6.47. The molecule has 3 heterocycles. The number of carbonyl (C=O) groups is 1. The highest BCUT2D eigenvalue weighted by molar-refractivity contribution is 5.95. The zero-order valence-electron chi connectivity index (χ0n) is 14.4. The summed E-state index contributed by atoms with van der Waals surface area (Å²) in [7, 11) is 0. The van der Waals surface area contributed by atoms with Crippen LogP contribution in [0.1, 0.15) is 47.3 Å². The molecule has 1 amide bonds. The molecular weight excluding hydrogens is 306 g/mol. The van der Waals surface area contributed by atoms with Gasteiger partial charge in [0.2, 0.25) is 0 Å². The maximum absolute atomic E-state index is 12.8. The van der Waals surface area contributed by atoms with Gasteiger partial charge in [-0.1, -0.05) is 19.0 Å². The Labute approximate surface area is 141 Å². The van der Waals surface area contributed by atoms with Gasteiger partial charge in [-0.05, 0) is 12.8 Å². The lowest BCUT2D eigenvalue weighted by Crippen LogP contribution is -2.48. The van der Waals surface area contributed by atoms with E-state index in [0.29, 0.717) is 18.7 Å². The zero-order chi connectivity index (χ0) is 17.1. The van der Waals surface area contributed by atoms with Crippen LogP contribution in [0.15, 0.2) is 23.1 Å². The van der Waals surface area contributed by atoms with E-state index in [-0.39, 0.29) is 11.8 Å². The van der Waals surface area contributed by atoms with E-state index in [9.17, 15) is 4.79 Å². The molecule has 3 rings (SSSR count). The molecule has 0 bridgehead atoms.